The van der Waals surface area contributed by atoms with E-state index in [1.807, 2.05) is 24.3 Å². The molecule has 1 aliphatic heterocycles. The van der Waals surface area contributed by atoms with Crippen molar-refractivity contribution in [1.29, 1.82) is 0 Å². The Labute approximate surface area is 156 Å². The first-order valence-corrected chi connectivity index (χ1v) is 9.14. The Balaban J connectivity index is 1.69. The minimum Gasteiger partial charge on any atom is -0.504 e. The fraction of sp³-hybridized carbons (Fsp3) is 0.200. The van der Waals surface area contributed by atoms with Crippen LogP contribution in [0.3, 0.4) is 0 Å². The van der Waals surface area contributed by atoms with Gasteiger partial charge >= 0.3 is 0 Å². The Hall–Kier alpha value is -2.73. The van der Waals surface area contributed by atoms with Gasteiger partial charge in [-0.25, -0.2) is 0 Å². The number of phenolic OH excluding ortho intramolecular Hbond substituents is 2. The van der Waals surface area contributed by atoms with E-state index in [0.717, 1.165) is 29.3 Å². The number of rotatable bonds is 5. The number of carbonyl (C=O) groups is 2. The van der Waals surface area contributed by atoms with Crippen molar-refractivity contribution in [1.82, 2.24) is 4.90 Å². The molecule has 1 heterocycles. The monoisotopic (exact) mass is 369 g/mol. The smallest absolute Gasteiger partial charge is 0.293 e. The number of thioether (sulfide) groups is 1. The summed E-state index contributed by atoms with van der Waals surface area (Å²) in [5.74, 6) is -0.716. The van der Waals surface area contributed by atoms with Crippen molar-refractivity contribution >= 4 is 29.0 Å². The summed E-state index contributed by atoms with van der Waals surface area (Å²) in [5.41, 5.74) is 2.84. The number of amides is 2. The summed E-state index contributed by atoms with van der Waals surface area (Å²) >= 11 is 0.936. The van der Waals surface area contributed by atoms with E-state index in [9.17, 15) is 19.8 Å². The molecule has 2 N–H and O–H groups in total. The molecule has 3 rings (SSSR count). The SMILES string of the molecule is CCc1ccc(/C=C2\SC(=O)N(CCc3ccc(O)c(O)c3)C2=O)cc1. The molecular weight excluding hydrogens is 350 g/mol. The predicted molar refractivity (Wildman–Crippen MR) is 102 cm³/mol. The molecule has 0 saturated carbocycles. The molecule has 0 spiro atoms. The van der Waals surface area contributed by atoms with Gasteiger partial charge < -0.3 is 10.2 Å². The Kier molecular flexibility index (Phi) is 5.32. The first kappa shape index (κ1) is 18.1. The topological polar surface area (TPSA) is 77.8 Å². The van der Waals surface area contributed by atoms with Gasteiger partial charge in [-0.3, -0.25) is 14.5 Å². The highest BCUT2D eigenvalue weighted by atomic mass is 32.2. The van der Waals surface area contributed by atoms with E-state index in [-0.39, 0.29) is 29.2 Å². The zero-order valence-corrected chi connectivity index (χ0v) is 15.1. The molecule has 1 saturated heterocycles. The second-order valence-corrected chi connectivity index (χ2v) is 6.99. The molecule has 0 aliphatic carbocycles. The maximum atomic E-state index is 12.5. The van der Waals surface area contributed by atoms with Crippen LogP contribution >= 0.6 is 11.8 Å². The number of phenols is 2. The highest BCUT2D eigenvalue weighted by Gasteiger charge is 2.34. The molecule has 2 aromatic carbocycles. The summed E-state index contributed by atoms with van der Waals surface area (Å²) < 4.78 is 0. The number of benzene rings is 2. The van der Waals surface area contributed by atoms with Crippen molar-refractivity contribution in [2.75, 3.05) is 6.54 Å². The van der Waals surface area contributed by atoms with E-state index < -0.39 is 0 Å². The number of hydrogen-bond acceptors (Lipinski definition) is 5. The van der Waals surface area contributed by atoms with Gasteiger partial charge in [0.25, 0.3) is 11.1 Å². The van der Waals surface area contributed by atoms with Crippen molar-refractivity contribution in [3.8, 4) is 11.5 Å². The zero-order chi connectivity index (χ0) is 18.7. The van der Waals surface area contributed by atoms with Gasteiger partial charge in [-0.05, 0) is 59.5 Å². The molecule has 26 heavy (non-hydrogen) atoms. The van der Waals surface area contributed by atoms with Crippen LogP contribution < -0.4 is 0 Å². The van der Waals surface area contributed by atoms with E-state index in [1.54, 1.807) is 12.1 Å². The third-order valence-electron chi connectivity index (χ3n) is 4.22. The number of carbonyl (C=O) groups excluding carboxylic acids is 2. The summed E-state index contributed by atoms with van der Waals surface area (Å²) in [6, 6.07) is 12.4. The van der Waals surface area contributed by atoms with E-state index in [2.05, 4.69) is 6.92 Å². The lowest BCUT2D eigenvalue weighted by Gasteiger charge is -2.12. The first-order chi connectivity index (χ1) is 12.5. The van der Waals surface area contributed by atoms with Crippen LogP contribution in [0, 0.1) is 0 Å². The summed E-state index contributed by atoms with van der Waals surface area (Å²) in [7, 11) is 0. The highest BCUT2D eigenvalue weighted by molar-refractivity contribution is 8.18. The Morgan fingerprint density at radius 3 is 2.35 bits per heavy atom. The molecule has 6 heteroatoms. The van der Waals surface area contributed by atoms with Crippen LogP contribution in [0.1, 0.15) is 23.6 Å². The average Bonchev–Trinajstić information content (AvgIpc) is 2.90. The molecule has 0 bridgehead atoms. The summed E-state index contributed by atoms with van der Waals surface area (Å²) in [6.45, 7) is 2.30. The zero-order valence-electron chi connectivity index (χ0n) is 14.3. The van der Waals surface area contributed by atoms with Gasteiger partial charge in [0, 0.05) is 6.54 Å². The third-order valence-corrected chi connectivity index (χ3v) is 5.13. The molecule has 1 aliphatic rings. The Morgan fingerprint density at radius 2 is 1.69 bits per heavy atom. The lowest BCUT2D eigenvalue weighted by Crippen LogP contribution is -2.30. The van der Waals surface area contributed by atoms with Gasteiger partial charge in [0.1, 0.15) is 0 Å². The average molecular weight is 369 g/mol. The van der Waals surface area contributed by atoms with Crippen LogP contribution in [0.4, 0.5) is 4.79 Å². The number of nitrogens with zero attached hydrogens (tertiary/aromatic N) is 1. The van der Waals surface area contributed by atoms with Crippen molar-refractivity contribution in [3.05, 3.63) is 64.1 Å². The maximum Gasteiger partial charge on any atom is 0.293 e. The number of hydrogen-bond donors (Lipinski definition) is 2. The first-order valence-electron chi connectivity index (χ1n) is 8.33. The molecule has 5 nitrogen and oxygen atoms in total. The summed E-state index contributed by atoms with van der Waals surface area (Å²) in [6.07, 6.45) is 3.09. The van der Waals surface area contributed by atoms with Crippen LogP contribution in [0.25, 0.3) is 6.08 Å². The van der Waals surface area contributed by atoms with E-state index in [4.69, 9.17) is 0 Å². The van der Waals surface area contributed by atoms with Gasteiger partial charge in [-0.1, -0.05) is 37.3 Å². The molecule has 0 atom stereocenters. The molecule has 1 fully saturated rings. The molecule has 0 radical (unpaired) electrons. The Bertz CT molecular complexity index is 874. The molecule has 2 aromatic rings. The van der Waals surface area contributed by atoms with Gasteiger partial charge in [-0.2, -0.15) is 0 Å². The van der Waals surface area contributed by atoms with Crippen molar-refractivity contribution in [2.45, 2.75) is 19.8 Å². The van der Waals surface area contributed by atoms with Gasteiger partial charge in [0.05, 0.1) is 4.91 Å². The van der Waals surface area contributed by atoms with Gasteiger partial charge in [-0.15, -0.1) is 0 Å². The Morgan fingerprint density at radius 1 is 1.00 bits per heavy atom. The fourth-order valence-corrected chi connectivity index (χ4v) is 3.52. The van der Waals surface area contributed by atoms with Gasteiger partial charge in [0.2, 0.25) is 0 Å². The van der Waals surface area contributed by atoms with Gasteiger partial charge in [0.15, 0.2) is 11.5 Å². The molecule has 0 aromatic heterocycles. The van der Waals surface area contributed by atoms with Crippen LogP contribution in [0.15, 0.2) is 47.4 Å². The van der Waals surface area contributed by atoms with Crippen molar-refractivity contribution in [2.24, 2.45) is 0 Å². The summed E-state index contributed by atoms with van der Waals surface area (Å²) in [5, 5.41) is 18.6. The maximum absolute atomic E-state index is 12.5. The van der Waals surface area contributed by atoms with Crippen LogP contribution in [-0.2, 0) is 17.6 Å². The highest BCUT2D eigenvalue weighted by Crippen LogP contribution is 2.32. The van der Waals surface area contributed by atoms with E-state index in [1.165, 1.54) is 22.6 Å². The lowest BCUT2D eigenvalue weighted by molar-refractivity contribution is -0.122. The van der Waals surface area contributed by atoms with E-state index in [0.29, 0.717) is 11.3 Å². The second-order valence-electron chi connectivity index (χ2n) is 6.00. The van der Waals surface area contributed by atoms with Crippen molar-refractivity contribution < 1.29 is 19.8 Å². The predicted octanol–water partition coefficient (Wildman–Crippen LogP) is 3.94. The number of aryl methyl sites for hydroxylation is 1. The number of aromatic hydroxyl groups is 2. The number of imide groups is 1. The van der Waals surface area contributed by atoms with Crippen molar-refractivity contribution in [3.63, 3.8) is 0 Å². The molecule has 0 unspecified atom stereocenters. The summed E-state index contributed by atoms with van der Waals surface area (Å²) in [4.78, 5) is 26.3. The lowest BCUT2D eigenvalue weighted by atomic mass is 10.1. The minimum absolute atomic E-state index is 0.197. The molecular formula is C20H19NO4S. The third kappa shape index (κ3) is 3.91. The quantitative estimate of drug-likeness (QED) is 0.617. The fourth-order valence-electron chi connectivity index (χ4n) is 2.66. The molecule has 134 valence electrons. The second kappa shape index (κ2) is 7.66. The van der Waals surface area contributed by atoms with Crippen LogP contribution in [0.5, 0.6) is 11.5 Å². The largest absolute Gasteiger partial charge is 0.504 e. The minimum atomic E-state index is -0.303. The van der Waals surface area contributed by atoms with E-state index >= 15 is 0 Å². The molecule has 2 amide bonds. The van der Waals surface area contributed by atoms with Crippen LogP contribution in [0.2, 0.25) is 0 Å². The normalized spacial score (nSPS) is 15.9. The van der Waals surface area contributed by atoms with Crippen LogP contribution in [-0.4, -0.2) is 32.8 Å². The standard InChI is InChI=1S/C20H19NO4S/c1-2-13-3-5-14(6-4-13)12-18-19(24)21(20(25)26-18)10-9-15-7-8-16(22)17(23)11-15/h3-8,11-12,22-23H,2,9-10H2,1H3/b18-12-.